The average Bonchev–Trinajstić information content (AvgIpc) is 3.01. The van der Waals surface area contributed by atoms with Gasteiger partial charge in [-0.2, -0.15) is 0 Å². The van der Waals surface area contributed by atoms with E-state index < -0.39 is 17.8 Å². The number of amides is 1. The van der Waals surface area contributed by atoms with Crippen LogP contribution in [0.1, 0.15) is 6.42 Å². The van der Waals surface area contributed by atoms with Gasteiger partial charge < -0.3 is 10.4 Å². The number of hydrogen-bond acceptors (Lipinski definition) is 2. The van der Waals surface area contributed by atoms with E-state index in [2.05, 4.69) is 5.32 Å². The summed E-state index contributed by atoms with van der Waals surface area (Å²) in [6.07, 6.45) is 4.63. The fraction of sp³-hybridized carbons (Fsp3) is 0.333. The highest BCUT2D eigenvalue weighted by Crippen LogP contribution is 2.48. The molecule has 2 aliphatic rings. The minimum Gasteiger partial charge on any atom is -0.481 e. The van der Waals surface area contributed by atoms with Crippen molar-refractivity contribution in [1.29, 1.82) is 0 Å². The minimum atomic E-state index is -0.902. The van der Waals surface area contributed by atoms with E-state index in [-0.39, 0.29) is 17.7 Å². The van der Waals surface area contributed by atoms with Crippen LogP contribution in [0.15, 0.2) is 36.4 Å². The standard InChI is InChI=1S/C15H14ClNO3/c16-10-3-1-2-4-11(10)17-14(18)12-8-5-6-9(7-8)13(12)15(19)20/h1-6,8-9,12-13H,7H2,(H,17,18)(H,19,20)/t8?,9?,12-,13+/m0/s1. The lowest BCUT2D eigenvalue weighted by atomic mass is 9.82. The molecule has 2 unspecified atom stereocenters. The Labute approximate surface area is 121 Å². The Morgan fingerprint density at radius 2 is 1.80 bits per heavy atom. The SMILES string of the molecule is O=C(O)[C@@H]1C2C=CC(C2)[C@@H]1C(=O)Nc1ccccc1Cl. The Balaban J connectivity index is 1.82. The van der Waals surface area contributed by atoms with Crippen molar-refractivity contribution in [3.05, 3.63) is 41.4 Å². The van der Waals surface area contributed by atoms with E-state index in [0.717, 1.165) is 6.42 Å². The number of anilines is 1. The summed E-state index contributed by atoms with van der Waals surface area (Å²) in [5.74, 6) is -2.32. The van der Waals surface area contributed by atoms with E-state index in [0.29, 0.717) is 10.7 Å². The first-order valence-corrected chi connectivity index (χ1v) is 6.92. The molecule has 2 bridgehead atoms. The first-order valence-electron chi connectivity index (χ1n) is 6.54. The number of benzene rings is 1. The summed E-state index contributed by atoms with van der Waals surface area (Å²) in [6.45, 7) is 0. The van der Waals surface area contributed by atoms with E-state index in [9.17, 15) is 14.7 Å². The van der Waals surface area contributed by atoms with Gasteiger partial charge in [-0.25, -0.2) is 0 Å². The lowest BCUT2D eigenvalue weighted by molar-refractivity contribution is -0.146. The number of carbonyl (C=O) groups excluding carboxylic acids is 1. The summed E-state index contributed by atoms with van der Waals surface area (Å²) in [5.41, 5.74) is 0.523. The quantitative estimate of drug-likeness (QED) is 0.842. The van der Waals surface area contributed by atoms with Crippen molar-refractivity contribution in [2.75, 3.05) is 5.32 Å². The van der Waals surface area contributed by atoms with Gasteiger partial charge in [-0.15, -0.1) is 0 Å². The fourth-order valence-electron chi connectivity index (χ4n) is 3.29. The van der Waals surface area contributed by atoms with Crippen molar-refractivity contribution < 1.29 is 14.7 Å². The van der Waals surface area contributed by atoms with Crippen LogP contribution in [-0.4, -0.2) is 17.0 Å². The molecule has 1 saturated carbocycles. The summed E-state index contributed by atoms with van der Waals surface area (Å²) in [4.78, 5) is 23.8. The smallest absolute Gasteiger partial charge is 0.307 e. The van der Waals surface area contributed by atoms with Crippen LogP contribution in [0.3, 0.4) is 0 Å². The number of halogens is 1. The third-order valence-electron chi connectivity index (χ3n) is 4.18. The van der Waals surface area contributed by atoms with E-state index in [1.165, 1.54) is 0 Å². The number of aliphatic carboxylic acids is 1. The lowest BCUT2D eigenvalue weighted by Crippen LogP contribution is -2.36. The summed E-state index contributed by atoms with van der Waals surface area (Å²) in [7, 11) is 0. The number of carboxylic acids is 1. The lowest BCUT2D eigenvalue weighted by Gasteiger charge is -2.24. The van der Waals surface area contributed by atoms with Crippen molar-refractivity contribution in [2.45, 2.75) is 6.42 Å². The van der Waals surface area contributed by atoms with Crippen LogP contribution in [0, 0.1) is 23.7 Å². The van der Waals surface area contributed by atoms with Crippen LogP contribution in [0.25, 0.3) is 0 Å². The molecule has 2 N–H and O–H groups in total. The molecule has 1 amide bonds. The molecule has 0 aliphatic heterocycles. The zero-order valence-corrected chi connectivity index (χ0v) is 11.4. The molecule has 0 aromatic heterocycles. The van der Waals surface area contributed by atoms with E-state index in [1.54, 1.807) is 24.3 Å². The first-order chi connectivity index (χ1) is 9.58. The molecule has 1 aromatic rings. The van der Waals surface area contributed by atoms with Gasteiger partial charge in [0, 0.05) is 0 Å². The molecule has 5 heteroatoms. The Kier molecular flexibility index (Phi) is 3.26. The van der Waals surface area contributed by atoms with Crippen LogP contribution in [0.5, 0.6) is 0 Å². The number of fused-ring (bicyclic) bond motifs is 2. The van der Waals surface area contributed by atoms with Gasteiger partial charge in [0.05, 0.1) is 22.5 Å². The highest BCUT2D eigenvalue weighted by molar-refractivity contribution is 6.33. The van der Waals surface area contributed by atoms with Gasteiger partial charge in [0.2, 0.25) is 5.91 Å². The number of hydrogen-bond donors (Lipinski definition) is 2. The summed E-state index contributed by atoms with van der Waals surface area (Å²) in [6, 6.07) is 6.95. The van der Waals surface area contributed by atoms with Crippen molar-refractivity contribution in [3.8, 4) is 0 Å². The highest BCUT2D eigenvalue weighted by Gasteiger charge is 2.51. The Morgan fingerprint density at radius 1 is 1.15 bits per heavy atom. The number of rotatable bonds is 3. The summed E-state index contributed by atoms with van der Waals surface area (Å²) in [5, 5.41) is 12.5. The van der Waals surface area contributed by atoms with Gasteiger partial charge in [0.15, 0.2) is 0 Å². The van der Waals surface area contributed by atoms with E-state index in [4.69, 9.17) is 11.6 Å². The van der Waals surface area contributed by atoms with Crippen LogP contribution in [0.2, 0.25) is 5.02 Å². The second-order valence-electron chi connectivity index (χ2n) is 5.31. The van der Waals surface area contributed by atoms with Gasteiger partial charge in [-0.3, -0.25) is 9.59 Å². The Hall–Kier alpha value is -1.81. The van der Waals surface area contributed by atoms with Crippen LogP contribution >= 0.6 is 11.6 Å². The third-order valence-corrected chi connectivity index (χ3v) is 4.51. The molecule has 0 spiro atoms. The zero-order chi connectivity index (χ0) is 14.3. The number of carbonyl (C=O) groups is 2. The molecule has 0 heterocycles. The van der Waals surface area contributed by atoms with Crippen molar-refractivity contribution in [2.24, 2.45) is 23.7 Å². The molecule has 0 radical (unpaired) electrons. The maximum atomic E-state index is 12.4. The molecular weight excluding hydrogens is 278 g/mol. The van der Waals surface area contributed by atoms with Crippen LogP contribution in [-0.2, 0) is 9.59 Å². The molecule has 2 aliphatic carbocycles. The number of para-hydroxylation sites is 1. The molecular formula is C15H14ClNO3. The highest BCUT2D eigenvalue weighted by atomic mass is 35.5. The topological polar surface area (TPSA) is 66.4 Å². The van der Waals surface area contributed by atoms with Crippen molar-refractivity contribution >= 4 is 29.2 Å². The Morgan fingerprint density at radius 3 is 2.45 bits per heavy atom. The second-order valence-corrected chi connectivity index (χ2v) is 5.71. The number of nitrogens with one attached hydrogen (secondary N) is 1. The molecule has 1 aromatic carbocycles. The largest absolute Gasteiger partial charge is 0.481 e. The van der Waals surface area contributed by atoms with Gasteiger partial charge in [0.1, 0.15) is 0 Å². The molecule has 1 fully saturated rings. The maximum Gasteiger partial charge on any atom is 0.307 e. The second kappa shape index (κ2) is 4.94. The molecule has 20 heavy (non-hydrogen) atoms. The molecule has 0 saturated heterocycles. The van der Waals surface area contributed by atoms with Gasteiger partial charge in [0.25, 0.3) is 0 Å². The summed E-state index contributed by atoms with van der Waals surface area (Å²) < 4.78 is 0. The van der Waals surface area contributed by atoms with E-state index in [1.807, 2.05) is 12.2 Å². The molecule has 4 atom stereocenters. The zero-order valence-electron chi connectivity index (χ0n) is 10.6. The number of allylic oxidation sites excluding steroid dienone is 2. The average molecular weight is 292 g/mol. The predicted molar refractivity (Wildman–Crippen MR) is 75.4 cm³/mol. The Bertz CT molecular complexity index is 599. The maximum absolute atomic E-state index is 12.4. The monoisotopic (exact) mass is 291 g/mol. The fourth-order valence-corrected chi connectivity index (χ4v) is 3.48. The van der Waals surface area contributed by atoms with Gasteiger partial charge in [-0.05, 0) is 30.4 Å². The predicted octanol–water partition coefficient (Wildman–Crippen LogP) is 2.80. The molecule has 3 rings (SSSR count). The van der Waals surface area contributed by atoms with Crippen molar-refractivity contribution in [3.63, 3.8) is 0 Å². The van der Waals surface area contributed by atoms with Gasteiger partial charge >= 0.3 is 5.97 Å². The van der Waals surface area contributed by atoms with Crippen molar-refractivity contribution in [1.82, 2.24) is 0 Å². The van der Waals surface area contributed by atoms with Crippen LogP contribution < -0.4 is 5.32 Å². The first kappa shape index (κ1) is 13.2. The molecule has 4 nitrogen and oxygen atoms in total. The number of carboxylic acid groups (broad SMARTS) is 1. The third kappa shape index (κ3) is 2.10. The van der Waals surface area contributed by atoms with Crippen LogP contribution in [0.4, 0.5) is 5.69 Å². The molecule has 104 valence electrons. The normalized spacial score (nSPS) is 30.4. The van der Waals surface area contributed by atoms with Gasteiger partial charge in [-0.1, -0.05) is 35.9 Å². The van der Waals surface area contributed by atoms with E-state index >= 15 is 0 Å². The minimum absolute atomic E-state index is 0.0172. The summed E-state index contributed by atoms with van der Waals surface area (Å²) >= 11 is 6.01.